The van der Waals surface area contributed by atoms with Crippen molar-refractivity contribution in [2.45, 2.75) is 18.6 Å². The molecule has 0 spiro atoms. The summed E-state index contributed by atoms with van der Waals surface area (Å²) in [6.45, 7) is 0.799. The Hall–Kier alpha value is -0.0931. The van der Waals surface area contributed by atoms with Gasteiger partial charge in [0.05, 0.1) is 5.73 Å². The third kappa shape index (κ3) is 1.45. The van der Waals surface area contributed by atoms with E-state index in [-0.39, 0.29) is 5.73 Å². The summed E-state index contributed by atoms with van der Waals surface area (Å²) < 4.78 is 16.3. The minimum absolute atomic E-state index is 0.153. The van der Waals surface area contributed by atoms with Crippen molar-refractivity contribution in [2.75, 3.05) is 6.61 Å². The molecule has 1 atom stereocenters. The summed E-state index contributed by atoms with van der Waals surface area (Å²) in [5, 5.41) is 0. The molecule has 0 aromatic carbocycles. The van der Waals surface area contributed by atoms with E-state index in [1.165, 1.54) is 0 Å². The quantitative estimate of drug-likeness (QED) is 0.481. The average molecular weight is 133 g/mol. The van der Waals surface area contributed by atoms with Crippen molar-refractivity contribution < 1.29 is 9.22 Å². The highest BCUT2D eigenvalue weighted by atomic mass is 28.2. The van der Waals surface area contributed by atoms with Gasteiger partial charge in [0.25, 0.3) is 0 Å². The van der Waals surface area contributed by atoms with Gasteiger partial charge < -0.3 is 4.74 Å². The Morgan fingerprint density at radius 1 is 1.75 bits per heavy atom. The van der Waals surface area contributed by atoms with Gasteiger partial charge in [-0.05, 0) is 12.8 Å². The van der Waals surface area contributed by atoms with Gasteiger partial charge in [-0.1, -0.05) is 4.48 Å². The second-order valence-corrected chi connectivity index (χ2v) is 3.04. The molecule has 0 radical (unpaired) electrons. The van der Waals surface area contributed by atoms with E-state index in [4.69, 9.17) is 4.74 Å². The topological polar surface area (TPSA) is 21.6 Å². The van der Waals surface area contributed by atoms with Crippen LogP contribution in [0.5, 0.6) is 0 Å². The largest absolute Gasteiger partial charge is 0.376 e. The fourth-order valence-electron chi connectivity index (χ4n) is 0.783. The van der Waals surface area contributed by atoms with E-state index in [2.05, 4.69) is 4.86 Å². The van der Waals surface area contributed by atoms with Crippen LogP contribution >= 0.6 is 0 Å². The lowest BCUT2D eigenvalue weighted by Crippen LogP contribution is -2.06. The van der Waals surface area contributed by atoms with Gasteiger partial charge in [-0.15, -0.1) is 0 Å². The summed E-state index contributed by atoms with van der Waals surface area (Å²) in [5.41, 5.74) is 0.153. The molecule has 1 rings (SSSR count). The molecule has 1 aliphatic rings. The zero-order valence-corrected chi connectivity index (χ0v) is 5.66. The van der Waals surface area contributed by atoms with Crippen molar-refractivity contribution >= 4 is 9.31 Å². The number of hydrogen-bond donors (Lipinski definition) is 0. The highest BCUT2D eigenvalue weighted by Crippen LogP contribution is 2.08. The van der Waals surface area contributed by atoms with Crippen molar-refractivity contribution in [2.24, 2.45) is 4.86 Å². The molecule has 1 saturated heterocycles. The molecule has 0 saturated carbocycles. The van der Waals surface area contributed by atoms with Gasteiger partial charge in [0.15, 0.2) is 9.31 Å². The van der Waals surface area contributed by atoms with Crippen LogP contribution in [0.2, 0.25) is 0 Å². The fourth-order valence-corrected chi connectivity index (χ4v) is 1.52. The summed E-state index contributed by atoms with van der Waals surface area (Å²) >= 11 is 0. The van der Waals surface area contributed by atoms with E-state index in [1.54, 1.807) is 0 Å². The molecular weight excluding hydrogens is 125 g/mol. The van der Waals surface area contributed by atoms with Gasteiger partial charge >= 0.3 is 0 Å². The van der Waals surface area contributed by atoms with E-state index in [0.29, 0.717) is 0 Å². The molecule has 0 bridgehead atoms. The number of hydrogen-bond acceptors (Lipinski definition) is 2. The number of halogens is 1. The molecule has 8 heavy (non-hydrogen) atoms. The summed E-state index contributed by atoms with van der Waals surface area (Å²) in [6, 6.07) is 0. The summed E-state index contributed by atoms with van der Waals surface area (Å²) in [4.78, 5) is 2.58. The summed E-state index contributed by atoms with van der Waals surface area (Å²) in [6.07, 6.45) is 2.08. The lowest BCUT2D eigenvalue weighted by molar-refractivity contribution is 0.166. The lowest BCUT2D eigenvalue weighted by Gasteiger charge is -1.95. The predicted octanol–water partition coefficient (Wildman–Crippen LogP) is 0.627. The van der Waals surface area contributed by atoms with E-state index >= 15 is 0 Å². The van der Waals surface area contributed by atoms with Crippen LogP contribution in [-0.2, 0) is 4.74 Å². The van der Waals surface area contributed by atoms with Crippen LogP contribution in [0.3, 0.4) is 0 Å². The number of nitrogens with zero attached hydrogens (tertiary/aromatic N) is 1. The predicted molar refractivity (Wildman–Crippen MR) is 29.7 cm³/mol. The van der Waals surface area contributed by atoms with E-state index in [1.807, 2.05) is 0 Å². The monoisotopic (exact) mass is 133 g/mol. The molecule has 0 aromatic rings. The van der Waals surface area contributed by atoms with Crippen LogP contribution in [0.15, 0.2) is 4.86 Å². The van der Waals surface area contributed by atoms with Crippen molar-refractivity contribution in [1.29, 1.82) is 0 Å². The van der Waals surface area contributed by atoms with Gasteiger partial charge in [-0.2, -0.15) is 4.86 Å². The van der Waals surface area contributed by atoms with Gasteiger partial charge in [-0.3, -0.25) is 0 Å². The first kappa shape index (κ1) is 6.03. The second kappa shape index (κ2) is 3.04. The molecule has 1 unspecified atom stereocenters. The van der Waals surface area contributed by atoms with E-state index in [0.717, 1.165) is 19.4 Å². The van der Waals surface area contributed by atoms with Gasteiger partial charge in [0, 0.05) is 6.61 Å². The zero-order chi connectivity index (χ0) is 5.82. The molecule has 1 heterocycles. The molecule has 0 aliphatic carbocycles. The van der Waals surface area contributed by atoms with Crippen LogP contribution in [0.4, 0.5) is 4.48 Å². The highest BCUT2D eigenvalue weighted by Gasteiger charge is 2.12. The SMILES string of the molecule is FN=[SiH]C1CCCO1. The molecule has 0 aromatic heterocycles. The first-order chi connectivity index (χ1) is 3.93. The molecule has 2 nitrogen and oxygen atoms in total. The first-order valence-corrected chi connectivity index (χ1v) is 3.88. The molecule has 4 heteroatoms. The average Bonchev–Trinajstić information content (AvgIpc) is 2.19. The lowest BCUT2D eigenvalue weighted by atomic mass is 10.4. The van der Waals surface area contributed by atoms with Crippen molar-refractivity contribution in [3.8, 4) is 0 Å². The van der Waals surface area contributed by atoms with Crippen LogP contribution < -0.4 is 0 Å². The smallest absolute Gasteiger partial charge is 0.187 e. The second-order valence-electron chi connectivity index (χ2n) is 1.80. The molecule has 0 N–H and O–H groups in total. The van der Waals surface area contributed by atoms with Crippen LogP contribution in [0.1, 0.15) is 12.8 Å². The Kier molecular flexibility index (Phi) is 2.29. The van der Waals surface area contributed by atoms with Crippen LogP contribution in [-0.4, -0.2) is 21.6 Å². The number of ether oxygens (including phenoxy) is 1. The van der Waals surface area contributed by atoms with Crippen LogP contribution in [0, 0.1) is 0 Å². The number of rotatable bonds is 1. The molecule has 46 valence electrons. The van der Waals surface area contributed by atoms with Gasteiger partial charge in [-0.25, -0.2) is 0 Å². The van der Waals surface area contributed by atoms with Crippen molar-refractivity contribution in [3.63, 3.8) is 0 Å². The van der Waals surface area contributed by atoms with Crippen LogP contribution in [0.25, 0.3) is 0 Å². The normalized spacial score (nSPS) is 29.9. The Morgan fingerprint density at radius 3 is 3.12 bits per heavy atom. The Morgan fingerprint density at radius 2 is 2.62 bits per heavy atom. The first-order valence-electron chi connectivity index (χ1n) is 2.69. The molecule has 1 aliphatic heterocycles. The minimum Gasteiger partial charge on any atom is -0.376 e. The maximum Gasteiger partial charge on any atom is 0.187 e. The minimum atomic E-state index is -0.431. The highest BCUT2D eigenvalue weighted by molar-refractivity contribution is 6.23. The molecular formula is C4H8FNOSi. The van der Waals surface area contributed by atoms with Gasteiger partial charge in [0.2, 0.25) is 0 Å². The Labute approximate surface area is 49.5 Å². The zero-order valence-electron chi connectivity index (χ0n) is 4.51. The van der Waals surface area contributed by atoms with E-state index < -0.39 is 9.31 Å². The maximum absolute atomic E-state index is 11.2. The Bertz CT molecular complexity index is 92.0. The Balaban J connectivity index is 2.24. The third-order valence-electron chi connectivity index (χ3n) is 1.19. The fraction of sp³-hybridized carbons (Fsp3) is 1.00. The van der Waals surface area contributed by atoms with Crippen molar-refractivity contribution in [3.05, 3.63) is 0 Å². The summed E-state index contributed by atoms with van der Waals surface area (Å²) in [5.74, 6) is 0. The van der Waals surface area contributed by atoms with Crippen molar-refractivity contribution in [1.82, 2.24) is 0 Å². The standard InChI is InChI=1S/C4H8FNOSi/c5-6-8-4-2-1-3-7-4/h4,8H,1-3H2. The van der Waals surface area contributed by atoms with E-state index in [9.17, 15) is 4.48 Å². The summed E-state index contributed by atoms with van der Waals surface area (Å²) in [7, 11) is -0.431. The maximum atomic E-state index is 11.2. The molecule has 1 fully saturated rings. The third-order valence-corrected chi connectivity index (χ3v) is 2.16. The molecule has 0 amide bonds. The van der Waals surface area contributed by atoms with Gasteiger partial charge in [0.1, 0.15) is 0 Å².